The molecule has 0 aliphatic heterocycles. The van der Waals surface area contributed by atoms with Gasteiger partial charge in [0.2, 0.25) is 0 Å². The van der Waals surface area contributed by atoms with E-state index in [9.17, 15) is 13.8 Å². The van der Waals surface area contributed by atoms with Crippen molar-refractivity contribution in [3.63, 3.8) is 0 Å². The summed E-state index contributed by atoms with van der Waals surface area (Å²) >= 11 is 0. The summed E-state index contributed by atoms with van der Waals surface area (Å²) in [5, 5.41) is 11.9. The molecule has 128 valence electrons. The molecule has 0 bridgehead atoms. The third kappa shape index (κ3) is 3.91. The van der Waals surface area contributed by atoms with Crippen molar-refractivity contribution in [1.82, 2.24) is 5.32 Å². The normalized spacial score (nSPS) is 13.3. The maximum Gasteiger partial charge on any atom is 0.339 e. The van der Waals surface area contributed by atoms with E-state index in [0.29, 0.717) is 11.3 Å². The predicted octanol–water partition coefficient (Wildman–Crippen LogP) is 2.77. The van der Waals surface area contributed by atoms with E-state index in [4.69, 9.17) is 9.52 Å². The number of hydrogen-bond acceptors (Lipinski definition) is 4. The average molecular weight is 349 g/mol. The van der Waals surface area contributed by atoms with Crippen molar-refractivity contribution < 1.29 is 23.3 Å². The molecule has 7 heteroatoms. The van der Waals surface area contributed by atoms with Crippen LogP contribution in [-0.2, 0) is 17.2 Å². The molecule has 0 aliphatic carbocycles. The summed E-state index contributed by atoms with van der Waals surface area (Å²) in [5.41, 5.74) is 0.850. The Morgan fingerprint density at radius 1 is 1.29 bits per heavy atom. The van der Waals surface area contributed by atoms with Crippen molar-refractivity contribution in [1.29, 1.82) is 0 Å². The SMILES string of the molecule is CCc1oc(C(=O)NC(C)c2ccc(S(C)=O)cc2)cc1C(=O)O. The van der Waals surface area contributed by atoms with Crippen LogP contribution >= 0.6 is 0 Å². The van der Waals surface area contributed by atoms with Gasteiger partial charge in [0, 0.05) is 34.4 Å². The molecule has 1 aromatic heterocycles. The van der Waals surface area contributed by atoms with Crippen molar-refractivity contribution in [3.05, 3.63) is 53.0 Å². The van der Waals surface area contributed by atoms with Gasteiger partial charge in [-0.1, -0.05) is 19.1 Å². The predicted molar refractivity (Wildman–Crippen MR) is 89.7 cm³/mol. The molecule has 1 aromatic carbocycles. The first-order valence-electron chi connectivity index (χ1n) is 7.43. The third-order valence-electron chi connectivity index (χ3n) is 3.64. The minimum absolute atomic E-state index is 0.00470. The minimum atomic E-state index is -1.12. The van der Waals surface area contributed by atoms with Crippen LogP contribution in [0.4, 0.5) is 0 Å². The van der Waals surface area contributed by atoms with E-state index in [-0.39, 0.29) is 23.1 Å². The van der Waals surface area contributed by atoms with Gasteiger partial charge < -0.3 is 14.8 Å². The second-order valence-corrected chi connectivity index (χ2v) is 6.70. The number of furan rings is 1. The van der Waals surface area contributed by atoms with Crippen molar-refractivity contribution >= 4 is 22.7 Å². The van der Waals surface area contributed by atoms with Gasteiger partial charge in [0.05, 0.1) is 6.04 Å². The lowest BCUT2D eigenvalue weighted by Crippen LogP contribution is -2.26. The lowest BCUT2D eigenvalue weighted by Gasteiger charge is -2.13. The number of carbonyl (C=O) groups is 2. The highest BCUT2D eigenvalue weighted by Crippen LogP contribution is 2.19. The molecule has 2 N–H and O–H groups in total. The number of benzene rings is 1. The number of rotatable bonds is 6. The van der Waals surface area contributed by atoms with Crippen LogP contribution in [-0.4, -0.2) is 27.4 Å². The van der Waals surface area contributed by atoms with Crippen molar-refractivity contribution in [2.75, 3.05) is 6.26 Å². The Kier molecular flexibility index (Phi) is 5.56. The van der Waals surface area contributed by atoms with E-state index in [1.807, 2.05) is 0 Å². The third-order valence-corrected chi connectivity index (χ3v) is 4.58. The standard InChI is InChI=1S/C17H19NO5S/c1-4-14-13(17(20)21)9-15(23-14)16(19)18-10(2)11-5-7-12(8-6-11)24(3)22/h5-10H,4H2,1-3H3,(H,18,19)(H,20,21). The van der Waals surface area contributed by atoms with Crippen LogP contribution in [0.5, 0.6) is 0 Å². The molecule has 2 atom stereocenters. The number of amides is 1. The fraction of sp³-hybridized carbons (Fsp3) is 0.294. The highest BCUT2D eigenvalue weighted by atomic mass is 32.2. The fourth-order valence-corrected chi connectivity index (χ4v) is 2.80. The molecule has 0 spiro atoms. The highest BCUT2D eigenvalue weighted by molar-refractivity contribution is 7.84. The van der Waals surface area contributed by atoms with Crippen molar-refractivity contribution in [3.8, 4) is 0 Å². The molecule has 0 aliphatic rings. The Bertz CT molecular complexity index is 779. The summed E-state index contributed by atoms with van der Waals surface area (Å²) in [5.74, 6) is -1.35. The molecule has 0 saturated heterocycles. The zero-order chi connectivity index (χ0) is 17.9. The second kappa shape index (κ2) is 7.44. The number of carbonyl (C=O) groups excluding carboxylic acids is 1. The molecule has 1 heterocycles. The van der Waals surface area contributed by atoms with Gasteiger partial charge in [-0.3, -0.25) is 9.00 Å². The van der Waals surface area contributed by atoms with E-state index in [0.717, 1.165) is 5.56 Å². The average Bonchev–Trinajstić information content (AvgIpc) is 2.99. The lowest BCUT2D eigenvalue weighted by atomic mass is 10.1. The molecule has 24 heavy (non-hydrogen) atoms. The van der Waals surface area contributed by atoms with Crippen LogP contribution in [0.1, 0.15) is 52.1 Å². The van der Waals surface area contributed by atoms with Gasteiger partial charge in [0.1, 0.15) is 11.3 Å². The molecule has 2 rings (SSSR count). The van der Waals surface area contributed by atoms with Crippen LogP contribution in [0.3, 0.4) is 0 Å². The van der Waals surface area contributed by atoms with Crippen LogP contribution < -0.4 is 5.32 Å². The number of nitrogens with one attached hydrogen (secondary N) is 1. The van der Waals surface area contributed by atoms with E-state index in [1.54, 1.807) is 44.4 Å². The van der Waals surface area contributed by atoms with Gasteiger partial charge >= 0.3 is 5.97 Å². The molecular weight excluding hydrogens is 330 g/mol. The summed E-state index contributed by atoms with van der Waals surface area (Å²) in [6, 6.07) is 8.03. The zero-order valence-corrected chi connectivity index (χ0v) is 14.5. The number of aryl methyl sites for hydroxylation is 1. The fourth-order valence-electron chi connectivity index (χ4n) is 2.28. The molecule has 0 saturated carbocycles. The van der Waals surface area contributed by atoms with E-state index in [2.05, 4.69) is 5.32 Å². The number of carboxylic acids is 1. The molecular formula is C17H19NO5S. The Labute approximate surface area is 142 Å². The van der Waals surface area contributed by atoms with E-state index in [1.165, 1.54) is 6.07 Å². The van der Waals surface area contributed by atoms with Gasteiger partial charge in [-0.2, -0.15) is 0 Å². The van der Waals surface area contributed by atoms with Crippen LogP contribution in [0, 0.1) is 0 Å². The smallest absolute Gasteiger partial charge is 0.339 e. The van der Waals surface area contributed by atoms with Crippen LogP contribution in [0.25, 0.3) is 0 Å². The summed E-state index contributed by atoms with van der Waals surface area (Å²) in [6.45, 7) is 3.56. The van der Waals surface area contributed by atoms with E-state index >= 15 is 0 Å². The molecule has 2 aromatic rings. The Morgan fingerprint density at radius 3 is 2.38 bits per heavy atom. The number of carboxylic acid groups (broad SMARTS) is 1. The summed E-state index contributed by atoms with van der Waals surface area (Å²) in [6.07, 6.45) is 1.99. The zero-order valence-electron chi connectivity index (χ0n) is 13.7. The quantitative estimate of drug-likeness (QED) is 0.836. The number of hydrogen-bond donors (Lipinski definition) is 2. The van der Waals surface area contributed by atoms with Gasteiger partial charge in [0.25, 0.3) is 5.91 Å². The topological polar surface area (TPSA) is 96.6 Å². The van der Waals surface area contributed by atoms with Crippen LogP contribution in [0.2, 0.25) is 0 Å². The highest BCUT2D eigenvalue weighted by Gasteiger charge is 2.21. The Morgan fingerprint density at radius 2 is 1.92 bits per heavy atom. The van der Waals surface area contributed by atoms with Gasteiger partial charge in [-0.05, 0) is 24.6 Å². The Balaban J connectivity index is 2.14. The summed E-state index contributed by atoms with van der Waals surface area (Å²) in [7, 11) is -1.05. The first-order valence-corrected chi connectivity index (χ1v) is 8.99. The molecule has 1 amide bonds. The van der Waals surface area contributed by atoms with E-state index < -0.39 is 22.7 Å². The van der Waals surface area contributed by atoms with Gasteiger partial charge in [-0.25, -0.2) is 4.79 Å². The van der Waals surface area contributed by atoms with Crippen LogP contribution in [0.15, 0.2) is 39.6 Å². The van der Waals surface area contributed by atoms with Crippen molar-refractivity contribution in [2.24, 2.45) is 0 Å². The largest absolute Gasteiger partial charge is 0.478 e. The first-order chi connectivity index (χ1) is 11.3. The minimum Gasteiger partial charge on any atom is -0.478 e. The summed E-state index contributed by atoms with van der Waals surface area (Å²) in [4.78, 5) is 24.1. The lowest BCUT2D eigenvalue weighted by molar-refractivity contribution is 0.0694. The maximum atomic E-state index is 12.3. The molecule has 2 unspecified atom stereocenters. The molecule has 6 nitrogen and oxygen atoms in total. The summed E-state index contributed by atoms with van der Waals surface area (Å²) < 4.78 is 16.7. The first kappa shape index (κ1) is 17.9. The maximum absolute atomic E-state index is 12.3. The Hall–Kier alpha value is -2.41. The molecule has 0 radical (unpaired) electrons. The van der Waals surface area contributed by atoms with Gasteiger partial charge in [0.15, 0.2) is 5.76 Å². The monoisotopic (exact) mass is 349 g/mol. The molecule has 0 fully saturated rings. The van der Waals surface area contributed by atoms with Gasteiger partial charge in [-0.15, -0.1) is 0 Å². The number of aromatic carboxylic acids is 1. The van der Waals surface area contributed by atoms with Crippen molar-refractivity contribution in [2.45, 2.75) is 31.2 Å². The second-order valence-electron chi connectivity index (χ2n) is 5.32.